The molecule has 3 atom stereocenters. The first kappa shape index (κ1) is 15.5. The maximum Gasteiger partial charge on any atom is 0.0638 e. The van der Waals surface area contributed by atoms with Crippen molar-refractivity contribution < 1.29 is 0 Å². The Bertz CT molecular complexity index is 532. The molecule has 4 heteroatoms. The van der Waals surface area contributed by atoms with Crippen molar-refractivity contribution in [3.05, 3.63) is 29.3 Å². The van der Waals surface area contributed by atoms with E-state index in [-0.39, 0.29) is 0 Å². The lowest BCUT2D eigenvalue weighted by atomic mass is 9.91. The molecule has 0 aromatic heterocycles. The van der Waals surface area contributed by atoms with E-state index in [0.29, 0.717) is 12.1 Å². The van der Waals surface area contributed by atoms with Crippen LogP contribution in [0.4, 0.5) is 5.69 Å². The van der Waals surface area contributed by atoms with Gasteiger partial charge in [-0.25, -0.2) is 0 Å². The molecule has 120 valence electrons. The molecule has 0 saturated carbocycles. The third-order valence-electron chi connectivity index (χ3n) is 4.96. The quantitative estimate of drug-likeness (QED) is 0.666. The number of likely N-dealkylation sites (N-methyl/N-ethyl adjacent to an activating group) is 1. The number of aliphatic imine (C=N–C) groups is 1. The zero-order chi connectivity index (χ0) is 15.5. The van der Waals surface area contributed by atoms with E-state index in [0.717, 1.165) is 43.2 Å². The first-order chi connectivity index (χ1) is 10.6. The van der Waals surface area contributed by atoms with E-state index in [1.807, 2.05) is 6.21 Å². The average Bonchev–Trinajstić information content (AvgIpc) is 2.92. The van der Waals surface area contributed by atoms with Crippen LogP contribution in [0, 0.1) is 5.92 Å². The highest BCUT2D eigenvalue weighted by molar-refractivity contribution is 5.87. The van der Waals surface area contributed by atoms with Gasteiger partial charge < -0.3 is 16.0 Å². The minimum Gasteiger partial charge on any atom is -0.398 e. The number of rotatable bonds is 3. The highest BCUT2D eigenvalue weighted by atomic mass is 15.1. The Labute approximate surface area is 133 Å². The number of likely N-dealkylation sites (tertiary alicyclic amines) is 1. The van der Waals surface area contributed by atoms with Gasteiger partial charge in [-0.3, -0.25) is 4.99 Å². The first-order valence-electron chi connectivity index (χ1n) is 8.46. The summed E-state index contributed by atoms with van der Waals surface area (Å²) in [6.07, 6.45) is 5.59. The van der Waals surface area contributed by atoms with Crippen LogP contribution < -0.4 is 11.1 Å². The lowest BCUT2D eigenvalue weighted by Crippen LogP contribution is -2.31. The fourth-order valence-corrected chi connectivity index (χ4v) is 3.43. The van der Waals surface area contributed by atoms with Crippen molar-refractivity contribution in [2.45, 2.75) is 38.3 Å². The van der Waals surface area contributed by atoms with Gasteiger partial charge in [0.05, 0.1) is 6.04 Å². The SMILES string of the molecule is C[C@H]1CC[C@H](c2ccc(C=NC3CCN(C)C3)c(N)c2)NC1. The highest BCUT2D eigenvalue weighted by Crippen LogP contribution is 2.27. The van der Waals surface area contributed by atoms with E-state index >= 15 is 0 Å². The zero-order valence-electron chi connectivity index (χ0n) is 13.8. The summed E-state index contributed by atoms with van der Waals surface area (Å²) in [5, 5.41) is 3.62. The molecule has 0 aliphatic carbocycles. The number of hydrogen-bond acceptors (Lipinski definition) is 4. The van der Waals surface area contributed by atoms with E-state index in [4.69, 9.17) is 10.7 Å². The summed E-state index contributed by atoms with van der Waals surface area (Å²) >= 11 is 0. The van der Waals surface area contributed by atoms with Crippen LogP contribution in [0.25, 0.3) is 0 Å². The number of hydrogen-bond donors (Lipinski definition) is 2. The van der Waals surface area contributed by atoms with Crippen molar-refractivity contribution in [3.63, 3.8) is 0 Å². The van der Waals surface area contributed by atoms with Crippen molar-refractivity contribution in [2.24, 2.45) is 10.9 Å². The maximum absolute atomic E-state index is 6.24. The normalized spacial score (nSPS) is 30.2. The van der Waals surface area contributed by atoms with Gasteiger partial charge >= 0.3 is 0 Å². The van der Waals surface area contributed by atoms with E-state index in [2.05, 4.69) is 42.4 Å². The topological polar surface area (TPSA) is 53.6 Å². The average molecular weight is 300 g/mol. The molecule has 0 radical (unpaired) electrons. The fourth-order valence-electron chi connectivity index (χ4n) is 3.43. The number of piperidine rings is 1. The molecule has 2 fully saturated rings. The smallest absolute Gasteiger partial charge is 0.0638 e. The standard InChI is InChI=1S/C18H28N4/c1-13-3-6-18(21-10-13)14-4-5-15(17(19)9-14)11-20-16-7-8-22(2)12-16/h4-5,9,11,13,16,18,21H,3,6-8,10,12,19H2,1-2H3/t13-,16?,18+/m0/s1. The summed E-state index contributed by atoms with van der Waals surface area (Å²) in [5.74, 6) is 0.782. The Morgan fingerprint density at radius 1 is 1.32 bits per heavy atom. The first-order valence-corrected chi connectivity index (χ1v) is 8.46. The van der Waals surface area contributed by atoms with Crippen molar-refractivity contribution in [1.29, 1.82) is 0 Å². The zero-order valence-corrected chi connectivity index (χ0v) is 13.8. The van der Waals surface area contributed by atoms with Gasteiger partial charge in [-0.05, 0) is 56.9 Å². The summed E-state index contributed by atoms with van der Waals surface area (Å²) in [5.41, 5.74) is 9.43. The second-order valence-corrected chi connectivity index (χ2v) is 7.01. The van der Waals surface area contributed by atoms with Gasteiger partial charge in [-0.2, -0.15) is 0 Å². The van der Waals surface area contributed by atoms with Crippen LogP contribution in [0.2, 0.25) is 0 Å². The molecule has 3 rings (SSSR count). The number of nitrogen functional groups attached to an aromatic ring is 1. The summed E-state index contributed by atoms with van der Waals surface area (Å²) in [7, 11) is 2.15. The van der Waals surface area contributed by atoms with Crippen molar-refractivity contribution in [3.8, 4) is 0 Å². The molecule has 22 heavy (non-hydrogen) atoms. The minimum absolute atomic E-state index is 0.422. The molecule has 2 heterocycles. The molecular formula is C18H28N4. The summed E-state index contributed by atoms with van der Waals surface area (Å²) in [4.78, 5) is 7.02. The van der Waals surface area contributed by atoms with Gasteiger partial charge in [-0.15, -0.1) is 0 Å². The summed E-state index contributed by atoms with van der Waals surface area (Å²) in [6, 6.07) is 7.31. The predicted molar refractivity (Wildman–Crippen MR) is 93.5 cm³/mol. The van der Waals surface area contributed by atoms with Gasteiger partial charge in [0.2, 0.25) is 0 Å². The van der Waals surface area contributed by atoms with Crippen LogP contribution in [-0.2, 0) is 0 Å². The van der Waals surface area contributed by atoms with Crippen LogP contribution in [0.3, 0.4) is 0 Å². The van der Waals surface area contributed by atoms with Gasteiger partial charge in [0.1, 0.15) is 0 Å². The Balaban J connectivity index is 1.65. The molecular weight excluding hydrogens is 272 g/mol. The van der Waals surface area contributed by atoms with E-state index in [9.17, 15) is 0 Å². The fraction of sp³-hybridized carbons (Fsp3) is 0.611. The van der Waals surface area contributed by atoms with Crippen LogP contribution >= 0.6 is 0 Å². The van der Waals surface area contributed by atoms with Gasteiger partial charge in [0, 0.05) is 30.1 Å². The van der Waals surface area contributed by atoms with Crippen LogP contribution in [0.1, 0.15) is 43.4 Å². The Hall–Kier alpha value is -1.39. The second-order valence-electron chi connectivity index (χ2n) is 7.01. The Morgan fingerprint density at radius 3 is 2.82 bits per heavy atom. The molecule has 1 aromatic rings. The largest absolute Gasteiger partial charge is 0.398 e. The molecule has 1 aromatic carbocycles. The number of nitrogens with two attached hydrogens (primary N) is 1. The van der Waals surface area contributed by atoms with E-state index < -0.39 is 0 Å². The third-order valence-corrected chi connectivity index (χ3v) is 4.96. The maximum atomic E-state index is 6.24. The molecule has 2 saturated heterocycles. The second kappa shape index (κ2) is 6.80. The van der Waals surface area contributed by atoms with E-state index in [1.54, 1.807) is 0 Å². The van der Waals surface area contributed by atoms with Gasteiger partial charge in [0.15, 0.2) is 0 Å². The molecule has 2 aliphatic rings. The molecule has 0 amide bonds. The lowest BCUT2D eigenvalue weighted by molar-refractivity contribution is 0.333. The summed E-state index contributed by atoms with van der Waals surface area (Å²) < 4.78 is 0. The number of benzene rings is 1. The number of nitrogens with zero attached hydrogens (tertiary/aromatic N) is 2. The Kier molecular flexibility index (Phi) is 4.79. The van der Waals surface area contributed by atoms with Crippen molar-refractivity contribution in [1.82, 2.24) is 10.2 Å². The summed E-state index contributed by atoms with van der Waals surface area (Å²) in [6.45, 7) is 5.60. The van der Waals surface area contributed by atoms with Gasteiger partial charge in [0.25, 0.3) is 0 Å². The third kappa shape index (κ3) is 3.68. The van der Waals surface area contributed by atoms with E-state index in [1.165, 1.54) is 18.4 Å². The lowest BCUT2D eigenvalue weighted by Gasteiger charge is -2.28. The molecule has 2 aliphatic heterocycles. The van der Waals surface area contributed by atoms with Crippen LogP contribution in [-0.4, -0.2) is 43.8 Å². The highest BCUT2D eigenvalue weighted by Gasteiger charge is 2.20. The number of anilines is 1. The minimum atomic E-state index is 0.422. The van der Waals surface area contributed by atoms with Crippen molar-refractivity contribution in [2.75, 3.05) is 32.4 Å². The number of nitrogens with one attached hydrogen (secondary N) is 1. The van der Waals surface area contributed by atoms with Crippen LogP contribution in [0.5, 0.6) is 0 Å². The molecule has 3 N–H and O–H groups in total. The molecule has 0 bridgehead atoms. The predicted octanol–water partition coefficient (Wildman–Crippen LogP) is 2.45. The van der Waals surface area contributed by atoms with Crippen molar-refractivity contribution >= 4 is 11.9 Å². The molecule has 0 spiro atoms. The monoisotopic (exact) mass is 300 g/mol. The van der Waals surface area contributed by atoms with Gasteiger partial charge in [-0.1, -0.05) is 19.1 Å². The molecule has 4 nitrogen and oxygen atoms in total. The molecule has 1 unspecified atom stereocenters. The van der Waals surface area contributed by atoms with Crippen LogP contribution in [0.15, 0.2) is 23.2 Å². The Morgan fingerprint density at radius 2 is 2.18 bits per heavy atom.